The Labute approximate surface area is 112 Å². The lowest BCUT2D eigenvalue weighted by molar-refractivity contribution is 0.534. The van der Waals surface area contributed by atoms with Gasteiger partial charge in [-0.3, -0.25) is 0 Å². The molecule has 3 nitrogen and oxygen atoms in total. The molecule has 1 aromatic carbocycles. The molecule has 0 N–H and O–H groups in total. The number of halogens is 1. The normalized spacial score (nSPS) is 18.7. The van der Waals surface area contributed by atoms with Gasteiger partial charge in [-0.25, -0.2) is 0 Å². The Hall–Kier alpha value is -1.35. The number of fused-ring (bicyclic) bond motifs is 1. The summed E-state index contributed by atoms with van der Waals surface area (Å²) in [5.74, 6) is 2.81. The van der Waals surface area contributed by atoms with Crippen LogP contribution in [0.3, 0.4) is 0 Å². The van der Waals surface area contributed by atoms with E-state index in [1.165, 1.54) is 11.1 Å². The van der Waals surface area contributed by atoms with Crippen molar-refractivity contribution in [3.8, 4) is 0 Å². The molecule has 4 heteroatoms. The van der Waals surface area contributed by atoms with Crippen LogP contribution >= 0.6 is 11.6 Å². The van der Waals surface area contributed by atoms with Crippen LogP contribution in [0.2, 0.25) is 0 Å². The Bertz CT molecular complexity index is 562. The topological polar surface area (TPSA) is 30.7 Å². The molecule has 0 radical (unpaired) electrons. The average Bonchev–Trinajstić information content (AvgIpc) is 2.79. The van der Waals surface area contributed by atoms with Gasteiger partial charge in [-0.1, -0.05) is 24.3 Å². The monoisotopic (exact) mass is 261 g/mol. The zero-order valence-electron chi connectivity index (χ0n) is 10.4. The highest BCUT2D eigenvalue weighted by molar-refractivity contribution is 6.16. The number of hydrogen-bond acceptors (Lipinski definition) is 2. The molecule has 1 heterocycles. The lowest BCUT2D eigenvalue weighted by atomic mass is 9.83. The maximum atomic E-state index is 5.84. The number of nitrogens with zero attached hydrogens (tertiary/aromatic N) is 3. The molecule has 3 rings (SSSR count). The molecule has 0 saturated carbocycles. The van der Waals surface area contributed by atoms with Crippen molar-refractivity contribution < 1.29 is 0 Å². The first-order valence-electron chi connectivity index (χ1n) is 6.30. The number of benzene rings is 1. The summed E-state index contributed by atoms with van der Waals surface area (Å²) in [7, 11) is 2.01. The van der Waals surface area contributed by atoms with Gasteiger partial charge in [0.2, 0.25) is 0 Å². The highest BCUT2D eigenvalue weighted by atomic mass is 35.5. The SMILES string of the molecule is Cn1c(CCl)nnc1C1CCc2ccccc2C1. The van der Waals surface area contributed by atoms with E-state index < -0.39 is 0 Å². The van der Waals surface area contributed by atoms with Gasteiger partial charge in [0.05, 0.1) is 5.88 Å². The second-order valence-electron chi connectivity index (χ2n) is 4.88. The third kappa shape index (κ3) is 1.93. The van der Waals surface area contributed by atoms with Crippen molar-refractivity contribution in [2.75, 3.05) is 0 Å². The standard InChI is InChI=1S/C14H16ClN3/c1-18-13(9-15)16-17-14(18)12-7-6-10-4-2-3-5-11(10)8-12/h2-5,12H,6-9H2,1H3. The van der Waals surface area contributed by atoms with Crippen LogP contribution in [0.1, 0.15) is 35.1 Å². The fraction of sp³-hybridized carbons (Fsp3) is 0.429. The molecule has 2 aromatic rings. The molecule has 0 bridgehead atoms. The Morgan fingerprint density at radius 1 is 1.28 bits per heavy atom. The van der Waals surface area contributed by atoms with Crippen LogP contribution in [0.25, 0.3) is 0 Å². The maximum absolute atomic E-state index is 5.84. The lowest BCUT2D eigenvalue weighted by Gasteiger charge is -2.23. The van der Waals surface area contributed by atoms with Crippen LogP contribution in [0, 0.1) is 0 Å². The summed E-state index contributed by atoms with van der Waals surface area (Å²) in [5, 5.41) is 8.46. The minimum atomic E-state index is 0.423. The summed E-state index contributed by atoms with van der Waals surface area (Å²) >= 11 is 5.84. The van der Waals surface area contributed by atoms with E-state index >= 15 is 0 Å². The van der Waals surface area contributed by atoms with Crippen molar-refractivity contribution >= 4 is 11.6 Å². The number of alkyl halides is 1. The van der Waals surface area contributed by atoms with Crippen LogP contribution in [0.4, 0.5) is 0 Å². The van der Waals surface area contributed by atoms with Gasteiger partial charge in [0.25, 0.3) is 0 Å². The van der Waals surface area contributed by atoms with Crippen molar-refractivity contribution in [2.24, 2.45) is 7.05 Å². The molecular formula is C14H16ClN3. The smallest absolute Gasteiger partial charge is 0.147 e. The predicted octanol–water partition coefficient (Wildman–Crippen LogP) is 2.83. The Balaban J connectivity index is 1.89. The van der Waals surface area contributed by atoms with Gasteiger partial charge < -0.3 is 4.57 Å². The van der Waals surface area contributed by atoms with Crippen LogP contribution in [0.15, 0.2) is 24.3 Å². The molecule has 1 aliphatic rings. The molecule has 1 unspecified atom stereocenters. The fourth-order valence-corrected chi connectivity index (χ4v) is 3.00. The summed E-state index contributed by atoms with van der Waals surface area (Å²) in [6.07, 6.45) is 3.33. The van der Waals surface area contributed by atoms with E-state index in [4.69, 9.17) is 11.6 Å². The molecule has 0 aliphatic heterocycles. The summed E-state index contributed by atoms with van der Waals surface area (Å²) < 4.78 is 2.05. The molecule has 1 aromatic heterocycles. The van der Waals surface area contributed by atoms with Crippen molar-refractivity contribution in [3.05, 3.63) is 47.0 Å². The van der Waals surface area contributed by atoms with Crippen molar-refractivity contribution in [3.63, 3.8) is 0 Å². The minimum absolute atomic E-state index is 0.423. The Kier molecular flexibility index (Phi) is 3.08. The van der Waals surface area contributed by atoms with Crippen LogP contribution in [0.5, 0.6) is 0 Å². The second-order valence-corrected chi connectivity index (χ2v) is 5.14. The first-order valence-corrected chi connectivity index (χ1v) is 6.84. The summed E-state index contributed by atoms with van der Waals surface area (Å²) in [6.45, 7) is 0. The highest BCUT2D eigenvalue weighted by Gasteiger charge is 2.24. The molecule has 0 fully saturated rings. The summed E-state index contributed by atoms with van der Waals surface area (Å²) in [5.41, 5.74) is 2.93. The number of aromatic nitrogens is 3. The second kappa shape index (κ2) is 4.73. The van der Waals surface area contributed by atoms with Gasteiger partial charge in [-0.15, -0.1) is 21.8 Å². The number of rotatable bonds is 2. The van der Waals surface area contributed by atoms with E-state index in [1.807, 2.05) is 11.6 Å². The number of aryl methyl sites for hydroxylation is 1. The molecule has 0 spiro atoms. The maximum Gasteiger partial charge on any atom is 0.147 e. The fourth-order valence-electron chi connectivity index (χ4n) is 2.77. The highest BCUT2D eigenvalue weighted by Crippen LogP contribution is 2.31. The largest absolute Gasteiger partial charge is 0.317 e. The molecule has 0 saturated heterocycles. The average molecular weight is 262 g/mol. The minimum Gasteiger partial charge on any atom is -0.317 e. The van der Waals surface area contributed by atoms with Crippen LogP contribution < -0.4 is 0 Å². The molecular weight excluding hydrogens is 246 g/mol. The molecule has 94 valence electrons. The molecule has 1 aliphatic carbocycles. The van der Waals surface area contributed by atoms with Gasteiger partial charge >= 0.3 is 0 Å². The van der Waals surface area contributed by atoms with Crippen molar-refractivity contribution in [1.82, 2.24) is 14.8 Å². The van der Waals surface area contributed by atoms with E-state index in [2.05, 4.69) is 34.5 Å². The zero-order valence-corrected chi connectivity index (χ0v) is 11.2. The van der Waals surface area contributed by atoms with E-state index in [9.17, 15) is 0 Å². The third-order valence-electron chi connectivity index (χ3n) is 3.83. The van der Waals surface area contributed by atoms with Crippen molar-refractivity contribution in [1.29, 1.82) is 0 Å². The van der Waals surface area contributed by atoms with Gasteiger partial charge in [0, 0.05) is 13.0 Å². The van der Waals surface area contributed by atoms with Gasteiger partial charge in [0.1, 0.15) is 11.6 Å². The van der Waals surface area contributed by atoms with Gasteiger partial charge in [-0.05, 0) is 30.4 Å². The first kappa shape index (κ1) is 11.7. The van der Waals surface area contributed by atoms with Crippen LogP contribution in [-0.2, 0) is 25.8 Å². The Morgan fingerprint density at radius 3 is 2.78 bits per heavy atom. The molecule has 0 amide bonds. The van der Waals surface area contributed by atoms with E-state index in [-0.39, 0.29) is 0 Å². The van der Waals surface area contributed by atoms with E-state index in [1.54, 1.807) is 0 Å². The number of hydrogen-bond donors (Lipinski definition) is 0. The first-order chi connectivity index (χ1) is 8.79. The third-order valence-corrected chi connectivity index (χ3v) is 4.07. The van der Waals surface area contributed by atoms with Gasteiger partial charge in [0.15, 0.2) is 0 Å². The predicted molar refractivity (Wildman–Crippen MR) is 71.8 cm³/mol. The van der Waals surface area contributed by atoms with Gasteiger partial charge in [-0.2, -0.15) is 0 Å². The van der Waals surface area contributed by atoms with E-state index in [0.717, 1.165) is 30.9 Å². The quantitative estimate of drug-likeness (QED) is 0.779. The van der Waals surface area contributed by atoms with Crippen molar-refractivity contribution in [2.45, 2.75) is 31.1 Å². The molecule has 1 atom stereocenters. The van der Waals surface area contributed by atoms with E-state index in [0.29, 0.717) is 11.8 Å². The summed E-state index contributed by atoms with van der Waals surface area (Å²) in [6, 6.07) is 8.68. The molecule has 18 heavy (non-hydrogen) atoms. The lowest BCUT2D eigenvalue weighted by Crippen LogP contribution is -2.16. The van der Waals surface area contributed by atoms with Crippen LogP contribution in [-0.4, -0.2) is 14.8 Å². The zero-order chi connectivity index (χ0) is 12.5. The summed E-state index contributed by atoms with van der Waals surface area (Å²) in [4.78, 5) is 0. The Morgan fingerprint density at radius 2 is 2.06 bits per heavy atom.